The summed E-state index contributed by atoms with van der Waals surface area (Å²) < 4.78 is 0. The van der Waals surface area contributed by atoms with Crippen molar-refractivity contribution in [3.8, 4) is 0 Å². The molecule has 0 aromatic rings. The number of aliphatic carboxylic acids is 1. The van der Waals surface area contributed by atoms with Gasteiger partial charge in [0.15, 0.2) is 0 Å². The van der Waals surface area contributed by atoms with Crippen LogP contribution in [-0.4, -0.2) is 34.3 Å². The van der Waals surface area contributed by atoms with Crippen molar-refractivity contribution in [1.82, 2.24) is 4.90 Å². The van der Waals surface area contributed by atoms with E-state index in [4.69, 9.17) is 5.11 Å². The normalized spacial score (nSPS) is 22.4. The van der Waals surface area contributed by atoms with E-state index in [2.05, 4.69) is 0 Å². The van der Waals surface area contributed by atoms with Gasteiger partial charge in [0.2, 0.25) is 0 Å². The van der Waals surface area contributed by atoms with Gasteiger partial charge in [0.05, 0.1) is 6.42 Å². The SMILES string of the molecule is O=C(O)CC1(CN2C(=O)C=CC2=O)CCC1. The van der Waals surface area contributed by atoms with Crippen molar-refractivity contribution in [3.63, 3.8) is 0 Å². The molecule has 16 heavy (non-hydrogen) atoms. The molecule has 1 saturated carbocycles. The zero-order valence-corrected chi connectivity index (χ0v) is 8.81. The van der Waals surface area contributed by atoms with E-state index in [-0.39, 0.29) is 30.2 Å². The van der Waals surface area contributed by atoms with E-state index < -0.39 is 5.97 Å². The number of amides is 2. The molecule has 1 aliphatic heterocycles. The highest BCUT2D eigenvalue weighted by atomic mass is 16.4. The standard InChI is InChI=1S/C11H13NO4/c13-8-2-3-9(14)12(8)7-11(4-1-5-11)6-10(15)16/h2-3H,1,4-7H2,(H,15,16). The number of hydrogen-bond acceptors (Lipinski definition) is 3. The Labute approximate surface area is 92.7 Å². The number of carboxylic acids is 1. The van der Waals surface area contributed by atoms with Crippen LogP contribution in [0.15, 0.2) is 12.2 Å². The van der Waals surface area contributed by atoms with E-state index in [1.165, 1.54) is 12.2 Å². The van der Waals surface area contributed by atoms with E-state index in [0.29, 0.717) is 0 Å². The summed E-state index contributed by atoms with van der Waals surface area (Å²) in [7, 11) is 0. The number of carboxylic acid groups (broad SMARTS) is 1. The van der Waals surface area contributed by atoms with Crippen LogP contribution in [0.25, 0.3) is 0 Å². The Bertz CT molecular complexity index is 363. The van der Waals surface area contributed by atoms with Gasteiger partial charge in [0.1, 0.15) is 0 Å². The maximum Gasteiger partial charge on any atom is 0.303 e. The molecule has 1 heterocycles. The third kappa shape index (κ3) is 1.85. The number of carbonyl (C=O) groups excluding carboxylic acids is 2. The fraction of sp³-hybridized carbons (Fsp3) is 0.545. The van der Waals surface area contributed by atoms with Crippen molar-refractivity contribution in [2.45, 2.75) is 25.7 Å². The molecule has 0 spiro atoms. The number of carbonyl (C=O) groups is 3. The van der Waals surface area contributed by atoms with Gasteiger partial charge >= 0.3 is 5.97 Å². The Morgan fingerprint density at radius 1 is 1.31 bits per heavy atom. The molecule has 0 bridgehead atoms. The average molecular weight is 223 g/mol. The average Bonchev–Trinajstić information content (AvgIpc) is 2.44. The van der Waals surface area contributed by atoms with E-state index in [1.807, 2.05) is 0 Å². The molecule has 0 aromatic heterocycles. The molecule has 1 fully saturated rings. The highest BCUT2D eigenvalue weighted by Crippen LogP contribution is 2.44. The van der Waals surface area contributed by atoms with Gasteiger partial charge in [-0.3, -0.25) is 19.3 Å². The molecule has 2 amide bonds. The van der Waals surface area contributed by atoms with E-state index in [9.17, 15) is 14.4 Å². The summed E-state index contributed by atoms with van der Waals surface area (Å²) in [4.78, 5) is 34.6. The van der Waals surface area contributed by atoms with Crippen LogP contribution < -0.4 is 0 Å². The lowest BCUT2D eigenvalue weighted by Crippen LogP contribution is -2.45. The molecule has 2 aliphatic rings. The van der Waals surface area contributed by atoms with Crippen molar-refractivity contribution < 1.29 is 19.5 Å². The molecular formula is C11H13NO4. The van der Waals surface area contributed by atoms with Gasteiger partial charge in [0, 0.05) is 18.7 Å². The van der Waals surface area contributed by atoms with Crippen LogP contribution in [0.4, 0.5) is 0 Å². The summed E-state index contributed by atoms with van der Waals surface area (Å²) in [5.41, 5.74) is -0.386. The van der Waals surface area contributed by atoms with Gasteiger partial charge in [-0.05, 0) is 18.3 Å². The smallest absolute Gasteiger partial charge is 0.303 e. The molecule has 5 nitrogen and oxygen atoms in total. The van der Waals surface area contributed by atoms with E-state index >= 15 is 0 Å². The van der Waals surface area contributed by atoms with Crippen molar-refractivity contribution in [1.29, 1.82) is 0 Å². The van der Waals surface area contributed by atoms with E-state index in [0.717, 1.165) is 24.2 Å². The monoisotopic (exact) mass is 223 g/mol. The van der Waals surface area contributed by atoms with Gasteiger partial charge in [-0.1, -0.05) is 6.42 Å². The minimum atomic E-state index is -0.869. The minimum absolute atomic E-state index is 0.0318. The fourth-order valence-electron chi connectivity index (χ4n) is 2.31. The predicted octanol–water partition coefficient (Wildman–Crippen LogP) is 0.556. The van der Waals surface area contributed by atoms with Crippen LogP contribution in [0.3, 0.4) is 0 Å². The highest BCUT2D eigenvalue weighted by molar-refractivity contribution is 6.12. The molecule has 0 atom stereocenters. The zero-order valence-electron chi connectivity index (χ0n) is 8.81. The van der Waals surface area contributed by atoms with Crippen molar-refractivity contribution >= 4 is 17.8 Å². The van der Waals surface area contributed by atoms with Crippen LogP contribution in [0, 0.1) is 5.41 Å². The van der Waals surface area contributed by atoms with Crippen LogP contribution in [0.1, 0.15) is 25.7 Å². The van der Waals surface area contributed by atoms with Crippen LogP contribution in [-0.2, 0) is 14.4 Å². The Kier molecular flexibility index (Phi) is 2.53. The second kappa shape index (κ2) is 3.73. The molecule has 1 N–H and O–H groups in total. The van der Waals surface area contributed by atoms with Gasteiger partial charge in [0.25, 0.3) is 11.8 Å². The summed E-state index contributed by atoms with van der Waals surface area (Å²) >= 11 is 0. The lowest BCUT2D eigenvalue weighted by atomic mass is 9.66. The lowest BCUT2D eigenvalue weighted by molar-refractivity contribution is -0.147. The Morgan fingerprint density at radius 2 is 1.88 bits per heavy atom. The molecule has 1 aliphatic carbocycles. The van der Waals surface area contributed by atoms with Crippen molar-refractivity contribution in [2.75, 3.05) is 6.54 Å². The lowest BCUT2D eigenvalue weighted by Gasteiger charge is -2.42. The zero-order chi connectivity index (χ0) is 11.8. The maximum atomic E-state index is 11.4. The molecule has 0 unspecified atom stereocenters. The Hall–Kier alpha value is -1.65. The summed E-state index contributed by atoms with van der Waals surface area (Å²) in [5.74, 6) is -1.53. The third-order valence-corrected chi connectivity index (χ3v) is 3.33. The Morgan fingerprint density at radius 3 is 2.25 bits per heavy atom. The van der Waals surface area contributed by atoms with Gasteiger partial charge < -0.3 is 5.11 Å². The highest BCUT2D eigenvalue weighted by Gasteiger charge is 2.43. The molecule has 0 aromatic carbocycles. The predicted molar refractivity (Wildman–Crippen MR) is 54.4 cm³/mol. The molecule has 0 saturated heterocycles. The fourth-order valence-corrected chi connectivity index (χ4v) is 2.31. The number of rotatable bonds is 4. The summed E-state index contributed by atoms with van der Waals surface area (Å²) in [5, 5.41) is 8.82. The minimum Gasteiger partial charge on any atom is -0.481 e. The van der Waals surface area contributed by atoms with Crippen molar-refractivity contribution in [3.05, 3.63) is 12.2 Å². The summed E-state index contributed by atoms with van der Waals surface area (Å²) in [6.45, 7) is 0.240. The molecule has 0 radical (unpaired) electrons. The van der Waals surface area contributed by atoms with E-state index in [1.54, 1.807) is 0 Å². The molecule has 2 rings (SSSR count). The largest absolute Gasteiger partial charge is 0.481 e. The first-order valence-electron chi connectivity index (χ1n) is 5.28. The molecular weight excluding hydrogens is 210 g/mol. The Balaban J connectivity index is 2.04. The molecule has 5 heteroatoms. The maximum absolute atomic E-state index is 11.4. The topological polar surface area (TPSA) is 74.7 Å². The quantitative estimate of drug-likeness (QED) is 0.706. The van der Waals surface area contributed by atoms with Gasteiger partial charge in [-0.25, -0.2) is 0 Å². The van der Waals surface area contributed by atoms with Gasteiger partial charge in [-0.2, -0.15) is 0 Å². The van der Waals surface area contributed by atoms with Crippen molar-refractivity contribution in [2.24, 2.45) is 5.41 Å². The second-order valence-electron chi connectivity index (χ2n) is 4.52. The number of nitrogens with zero attached hydrogens (tertiary/aromatic N) is 1. The third-order valence-electron chi connectivity index (χ3n) is 3.33. The number of imide groups is 1. The first kappa shape index (κ1) is 10.9. The van der Waals surface area contributed by atoms with Gasteiger partial charge in [-0.15, -0.1) is 0 Å². The number of hydrogen-bond donors (Lipinski definition) is 1. The summed E-state index contributed by atoms with van der Waals surface area (Å²) in [6, 6.07) is 0. The first-order chi connectivity index (χ1) is 7.52. The summed E-state index contributed by atoms with van der Waals surface area (Å²) in [6.07, 6.45) is 5.01. The van der Waals surface area contributed by atoms with Crippen LogP contribution in [0.5, 0.6) is 0 Å². The molecule has 86 valence electrons. The van der Waals surface area contributed by atoms with Crippen LogP contribution >= 0.6 is 0 Å². The second-order valence-corrected chi connectivity index (χ2v) is 4.52. The first-order valence-corrected chi connectivity index (χ1v) is 5.28. The van der Waals surface area contributed by atoms with Crippen LogP contribution in [0.2, 0.25) is 0 Å².